The molecular formula is C6H8F3O. The lowest BCUT2D eigenvalue weighted by Gasteiger charge is -2.23. The number of hydrogen-bond donors (Lipinski definition) is 0. The Bertz CT molecular complexity index is 104. The van der Waals surface area contributed by atoms with E-state index in [1.807, 2.05) is 0 Å². The second-order valence-corrected chi connectivity index (χ2v) is 2.26. The first kappa shape index (κ1) is 7.85. The van der Waals surface area contributed by atoms with Crippen molar-refractivity contribution in [1.82, 2.24) is 0 Å². The lowest BCUT2D eigenvalue weighted by atomic mass is 10.0. The molecule has 0 aromatic heterocycles. The van der Waals surface area contributed by atoms with Gasteiger partial charge in [0.1, 0.15) is 5.92 Å². The van der Waals surface area contributed by atoms with Crippen molar-refractivity contribution in [3.63, 3.8) is 0 Å². The van der Waals surface area contributed by atoms with E-state index in [0.29, 0.717) is 13.0 Å². The van der Waals surface area contributed by atoms with E-state index in [-0.39, 0.29) is 13.0 Å². The third-order valence-electron chi connectivity index (χ3n) is 1.44. The van der Waals surface area contributed by atoms with Gasteiger partial charge in [-0.2, -0.15) is 13.2 Å². The Morgan fingerprint density at radius 1 is 1.30 bits per heavy atom. The fourth-order valence-electron chi connectivity index (χ4n) is 0.879. The monoisotopic (exact) mass is 153 g/mol. The summed E-state index contributed by atoms with van der Waals surface area (Å²) in [4.78, 5) is 0. The molecule has 10 heavy (non-hydrogen) atoms. The molecule has 0 saturated carbocycles. The SMILES string of the molecule is FC(F)(F)[C]1CCCOC1. The van der Waals surface area contributed by atoms with Gasteiger partial charge in [0, 0.05) is 6.61 Å². The van der Waals surface area contributed by atoms with Crippen LogP contribution in [0.2, 0.25) is 0 Å². The van der Waals surface area contributed by atoms with Crippen LogP contribution in [0.25, 0.3) is 0 Å². The molecule has 1 fully saturated rings. The Hall–Kier alpha value is -0.250. The molecule has 0 aromatic carbocycles. The highest BCUT2D eigenvalue weighted by molar-refractivity contribution is 4.99. The number of hydrogen-bond acceptors (Lipinski definition) is 1. The van der Waals surface area contributed by atoms with E-state index >= 15 is 0 Å². The molecule has 1 aliphatic rings. The van der Waals surface area contributed by atoms with Crippen molar-refractivity contribution >= 4 is 0 Å². The number of alkyl halides is 3. The van der Waals surface area contributed by atoms with Crippen LogP contribution >= 0.6 is 0 Å². The van der Waals surface area contributed by atoms with Gasteiger partial charge in [-0.05, 0) is 12.8 Å². The minimum atomic E-state index is -4.14. The van der Waals surface area contributed by atoms with Crippen LogP contribution in [-0.2, 0) is 4.74 Å². The van der Waals surface area contributed by atoms with Gasteiger partial charge in [0.15, 0.2) is 0 Å². The van der Waals surface area contributed by atoms with E-state index in [9.17, 15) is 13.2 Å². The fraction of sp³-hybridized carbons (Fsp3) is 0.833. The van der Waals surface area contributed by atoms with Gasteiger partial charge in [0.2, 0.25) is 0 Å². The van der Waals surface area contributed by atoms with E-state index in [1.165, 1.54) is 0 Å². The fourth-order valence-corrected chi connectivity index (χ4v) is 0.879. The van der Waals surface area contributed by atoms with Crippen molar-refractivity contribution in [2.45, 2.75) is 19.0 Å². The Morgan fingerprint density at radius 2 is 2.00 bits per heavy atom. The molecule has 0 amide bonds. The van der Waals surface area contributed by atoms with Crippen LogP contribution in [0.1, 0.15) is 12.8 Å². The van der Waals surface area contributed by atoms with Crippen LogP contribution in [0.15, 0.2) is 0 Å². The largest absolute Gasteiger partial charge is 0.397 e. The lowest BCUT2D eigenvalue weighted by molar-refractivity contribution is -0.133. The van der Waals surface area contributed by atoms with Gasteiger partial charge in [-0.3, -0.25) is 0 Å². The van der Waals surface area contributed by atoms with E-state index in [1.54, 1.807) is 0 Å². The normalized spacial score (nSPS) is 23.1. The Kier molecular flexibility index (Phi) is 2.18. The molecule has 1 saturated heterocycles. The minimum absolute atomic E-state index is 0.142. The Labute approximate surface area is 57.2 Å². The highest BCUT2D eigenvalue weighted by Crippen LogP contribution is 2.33. The summed E-state index contributed by atoms with van der Waals surface area (Å²) in [6.45, 7) is 0.225. The van der Waals surface area contributed by atoms with E-state index in [4.69, 9.17) is 0 Å². The molecule has 1 radical (unpaired) electrons. The first-order valence-electron chi connectivity index (χ1n) is 3.10. The summed E-state index contributed by atoms with van der Waals surface area (Å²) in [7, 11) is 0. The molecule has 1 aliphatic heterocycles. The average molecular weight is 153 g/mol. The summed E-state index contributed by atoms with van der Waals surface area (Å²) in [6, 6.07) is 0. The smallest absolute Gasteiger partial charge is 0.380 e. The summed E-state index contributed by atoms with van der Waals surface area (Å²) in [6.07, 6.45) is -3.50. The number of rotatable bonds is 0. The zero-order chi connectivity index (χ0) is 7.61. The van der Waals surface area contributed by atoms with Crippen LogP contribution in [-0.4, -0.2) is 19.4 Å². The van der Waals surface area contributed by atoms with Crippen LogP contribution in [0.5, 0.6) is 0 Å². The van der Waals surface area contributed by atoms with Crippen molar-refractivity contribution in [2.24, 2.45) is 0 Å². The maximum absolute atomic E-state index is 11.8. The molecule has 0 spiro atoms. The van der Waals surface area contributed by atoms with Crippen LogP contribution in [0.4, 0.5) is 13.2 Å². The van der Waals surface area contributed by atoms with Crippen molar-refractivity contribution in [3.05, 3.63) is 5.92 Å². The second kappa shape index (κ2) is 2.78. The first-order valence-corrected chi connectivity index (χ1v) is 3.10. The predicted molar refractivity (Wildman–Crippen MR) is 29.4 cm³/mol. The van der Waals surface area contributed by atoms with Gasteiger partial charge in [0.05, 0.1) is 6.61 Å². The highest BCUT2D eigenvalue weighted by atomic mass is 19.4. The molecule has 0 aromatic rings. The third kappa shape index (κ3) is 1.87. The van der Waals surface area contributed by atoms with Crippen molar-refractivity contribution in [1.29, 1.82) is 0 Å². The molecule has 1 nitrogen and oxygen atoms in total. The molecule has 59 valence electrons. The standard InChI is InChI=1S/C6H8F3O/c7-6(8,9)5-2-1-3-10-4-5/h1-4H2. The van der Waals surface area contributed by atoms with Crippen molar-refractivity contribution in [2.75, 3.05) is 13.2 Å². The molecule has 1 heterocycles. The van der Waals surface area contributed by atoms with Crippen molar-refractivity contribution < 1.29 is 17.9 Å². The highest BCUT2D eigenvalue weighted by Gasteiger charge is 2.41. The number of halogens is 3. The molecule has 0 N–H and O–H groups in total. The van der Waals surface area contributed by atoms with Crippen molar-refractivity contribution in [3.8, 4) is 0 Å². The maximum atomic E-state index is 11.8. The summed E-state index contributed by atoms with van der Waals surface area (Å²) in [5.74, 6) is -0.432. The van der Waals surface area contributed by atoms with E-state index in [2.05, 4.69) is 4.74 Å². The van der Waals surface area contributed by atoms with Crippen LogP contribution < -0.4 is 0 Å². The second-order valence-electron chi connectivity index (χ2n) is 2.26. The van der Waals surface area contributed by atoms with Crippen LogP contribution in [0, 0.1) is 5.92 Å². The maximum Gasteiger partial charge on any atom is 0.397 e. The van der Waals surface area contributed by atoms with Gasteiger partial charge >= 0.3 is 6.18 Å². The summed E-state index contributed by atoms with van der Waals surface area (Å²) < 4.78 is 40.1. The van der Waals surface area contributed by atoms with Gasteiger partial charge in [-0.1, -0.05) is 0 Å². The summed E-state index contributed by atoms with van der Waals surface area (Å²) >= 11 is 0. The Morgan fingerprint density at radius 3 is 2.30 bits per heavy atom. The average Bonchev–Trinajstić information content (AvgIpc) is 1.88. The molecular weight excluding hydrogens is 145 g/mol. The quantitative estimate of drug-likeness (QED) is 0.516. The number of ether oxygens (including phenoxy) is 1. The molecule has 4 heteroatoms. The Balaban J connectivity index is 2.39. The van der Waals surface area contributed by atoms with Gasteiger partial charge < -0.3 is 4.74 Å². The van der Waals surface area contributed by atoms with Gasteiger partial charge in [-0.15, -0.1) is 0 Å². The third-order valence-corrected chi connectivity index (χ3v) is 1.44. The molecule has 0 unspecified atom stereocenters. The molecule has 0 bridgehead atoms. The first-order chi connectivity index (χ1) is 4.61. The van der Waals surface area contributed by atoms with Gasteiger partial charge in [0.25, 0.3) is 0 Å². The predicted octanol–water partition coefficient (Wildman–Crippen LogP) is 1.93. The summed E-state index contributed by atoms with van der Waals surface area (Å²) in [5.41, 5.74) is 0. The van der Waals surface area contributed by atoms with E-state index < -0.39 is 12.1 Å². The van der Waals surface area contributed by atoms with Gasteiger partial charge in [-0.25, -0.2) is 0 Å². The molecule has 0 aliphatic carbocycles. The molecule has 0 atom stereocenters. The van der Waals surface area contributed by atoms with Crippen LogP contribution in [0.3, 0.4) is 0 Å². The zero-order valence-corrected chi connectivity index (χ0v) is 5.37. The summed E-state index contributed by atoms with van der Waals surface area (Å²) in [5, 5.41) is 0. The topological polar surface area (TPSA) is 9.23 Å². The molecule has 1 rings (SSSR count). The lowest BCUT2D eigenvalue weighted by Crippen LogP contribution is -2.28. The zero-order valence-electron chi connectivity index (χ0n) is 5.37. The minimum Gasteiger partial charge on any atom is -0.380 e. The van der Waals surface area contributed by atoms with E-state index in [0.717, 1.165) is 0 Å².